The highest BCUT2D eigenvalue weighted by Crippen LogP contribution is 2.24. The van der Waals surface area contributed by atoms with Gasteiger partial charge in [-0.3, -0.25) is 24.1 Å². The van der Waals surface area contributed by atoms with Crippen LogP contribution in [0.15, 0.2) is 48.5 Å². The van der Waals surface area contributed by atoms with Gasteiger partial charge in [0.1, 0.15) is 0 Å². The molecule has 0 spiro atoms. The molecule has 0 aliphatic carbocycles. The fraction of sp³-hybridized carbons (Fsp3) is 0.304. The van der Waals surface area contributed by atoms with Crippen LogP contribution in [0.4, 0.5) is 11.4 Å². The van der Waals surface area contributed by atoms with Gasteiger partial charge in [-0.1, -0.05) is 18.2 Å². The topological polar surface area (TPSA) is 105 Å². The van der Waals surface area contributed by atoms with Crippen molar-refractivity contribution in [2.75, 3.05) is 23.4 Å². The predicted molar refractivity (Wildman–Crippen MR) is 114 cm³/mol. The number of imide groups is 1. The Morgan fingerprint density at radius 3 is 2.52 bits per heavy atom. The molecule has 0 aromatic heterocycles. The SMILES string of the molecule is O=C(Nc1ccccc1C(=O)NC[C@@H]1CCCO1)c1cccc(N2C(=O)CCC2=O)c1. The number of anilines is 2. The van der Waals surface area contributed by atoms with E-state index < -0.39 is 5.91 Å². The van der Waals surface area contributed by atoms with E-state index in [9.17, 15) is 19.2 Å². The summed E-state index contributed by atoms with van der Waals surface area (Å²) in [5.41, 5.74) is 1.35. The molecule has 2 saturated heterocycles. The molecule has 1 atom stereocenters. The molecular weight excluding hydrogens is 398 g/mol. The lowest BCUT2D eigenvalue weighted by molar-refractivity contribution is -0.121. The van der Waals surface area contributed by atoms with Crippen LogP contribution in [0.25, 0.3) is 0 Å². The number of ether oxygens (including phenoxy) is 1. The van der Waals surface area contributed by atoms with Crippen molar-refractivity contribution in [3.8, 4) is 0 Å². The van der Waals surface area contributed by atoms with E-state index in [-0.39, 0.29) is 42.2 Å². The van der Waals surface area contributed by atoms with Crippen molar-refractivity contribution in [2.24, 2.45) is 0 Å². The largest absolute Gasteiger partial charge is 0.376 e. The van der Waals surface area contributed by atoms with E-state index in [4.69, 9.17) is 4.74 Å². The van der Waals surface area contributed by atoms with Crippen molar-refractivity contribution in [2.45, 2.75) is 31.8 Å². The first-order valence-electron chi connectivity index (χ1n) is 10.3. The summed E-state index contributed by atoms with van der Waals surface area (Å²) < 4.78 is 5.52. The summed E-state index contributed by atoms with van der Waals surface area (Å²) in [5, 5.41) is 5.61. The molecule has 2 aliphatic heterocycles. The van der Waals surface area contributed by atoms with Gasteiger partial charge in [-0.2, -0.15) is 0 Å². The molecule has 31 heavy (non-hydrogen) atoms. The van der Waals surface area contributed by atoms with Crippen molar-refractivity contribution in [3.05, 3.63) is 59.7 Å². The summed E-state index contributed by atoms with van der Waals surface area (Å²) in [4.78, 5) is 50.5. The van der Waals surface area contributed by atoms with Crippen LogP contribution in [0.2, 0.25) is 0 Å². The van der Waals surface area contributed by atoms with E-state index in [1.807, 2.05) is 0 Å². The summed E-state index contributed by atoms with van der Waals surface area (Å²) >= 11 is 0. The Morgan fingerprint density at radius 1 is 1.00 bits per heavy atom. The lowest BCUT2D eigenvalue weighted by Crippen LogP contribution is -2.32. The third kappa shape index (κ3) is 4.64. The highest BCUT2D eigenvalue weighted by Gasteiger charge is 2.30. The zero-order chi connectivity index (χ0) is 21.8. The van der Waals surface area contributed by atoms with Gasteiger partial charge in [-0.05, 0) is 43.2 Å². The van der Waals surface area contributed by atoms with Crippen LogP contribution in [0.1, 0.15) is 46.4 Å². The number of rotatable bonds is 6. The molecule has 8 nitrogen and oxygen atoms in total. The molecular formula is C23H23N3O5. The quantitative estimate of drug-likeness (QED) is 0.698. The Morgan fingerprint density at radius 2 is 1.77 bits per heavy atom. The number of carbonyl (C=O) groups is 4. The maximum Gasteiger partial charge on any atom is 0.255 e. The minimum Gasteiger partial charge on any atom is -0.376 e. The second-order valence-electron chi connectivity index (χ2n) is 7.52. The van der Waals surface area contributed by atoms with Gasteiger partial charge in [0.2, 0.25) is 11.8 Å². The Labute approximate surface area is 179 Å². The molecule has 0 unspecified atom stereocenters. The van der Waals surface area contributed by atoms with Gasteiger partial charge in [0.15, 0.2) is 0 Å². The standard InChI is InChI=1S/C23H23N3O5/c27-20-10-11-21(28)26(20)16-6-3-5-15(13-16)22(29)25-19-9-2-1-8-18(19)23(30)24-14-17-7-4-12-31-17/h1-3,5-6,8-9,13,17H,4,7,10-12,14H2,(H,24,30)(H,25,29)/t17-/m0/s1. The molecule has 0 saturated carbocycles. The van der Waals surface area contributed by atoms with Crippen LogP contribution >= 0.6 is 0 Å². The summed E-state index contributed by atoms with van der Waals surface area (Å²) in [6, 6.07) is 13.1. The van der Waals surface area contributed by atoms with Gasteiger partial charge in [-0.25, -0.2) is 0 Å². The number of hydrogen-bond donors (Lipinski definition) is 2. The number of para-hydroxylation sites is 1. The van der Waals surface area contributed by atoms with Gasteiger partial charge in [0.25, 0.3) is 11.8 Å². The Balaban J connectivity index is 1.48. The normalized spacial score (nSPS) is 18.3. The maximum absolute atomic E-state index is 12.8. The number of benzene rings is 2. The van der Waals surface area contributed by atoms with Crippen molar-refractivity contribution >= 4 is 35.0 Å². The smallest absolute Gasteiger partial charge is 0.255 e. The first-order chi connectivity index (χ1) is 15.0. The first-order valence-corrected chi connectivity index (χ1v) is 10.3. The van der Waals surface area contributed by atoms with E-state index >= 15 is 0 Å². The number of nitrogens with zero attached hydrogens (tertiary/aromatic N) is 1. The zero-order valence-electron chi connectivity index (χ0n) is 16.9. The minimum atomic E-state index is -0.444. The van der Waals surface area contributed by atoms with Gasteiger partial charge in [0, 0.05) is 31.6 Å². The van der Waals surface area contributed by atoms with E-state index in [1.54, 1.807) is 42.5 Å². The van der Waals surface area contributed by atoms with Gasteiger partial charge < -0.3 is 15.4 Å². The molecule has 2 heterocycles. The van der Waals surface area contributed by atoms with Crippen LogP contribution in [0.3, 0.4) is 0 Å². The summed E-state index contributed by atoms with van der Waals surface area (Å²) in [5.74, 6) is -1.31. The Bertz CT molecular complexity index is 1010. The monoisotopic (exact) mass is 421 g/mol. The molecule has 4 rings (SSSR count). The van der Waals surface area contributed by atoms with Crippen LogP contribution in [-0.2, 0) is 14.3 Å². The third-order valence-electron chi connectivity index (χ3n) is 5.35. The minimum absolute atomic E-state index is 0.0180. The molecule has 160 valence electrons. The van der Waals surface area contributed by atoms with Crippen LogP contribution < -0.4 is 15.5 Å². The fourth-order valence-corrected chi connectivity index (χ4v) is 3.74. The summed E-state index contributed by atoms with van der Waals surface area (Å²) in [6.07, 6.45) is 2.26. The second kappa shape index (κ2) is 9.09. The number of nitrogens with one attached hydrogen (secondary N) is 2. The Kier molecular flexibility index (Phi) is 6.08. The fourth-order valence-electron chi connectivity index (χ4n) is 3.74. The van der Waals surface area contributed by atoms with Crippen molar-refractivity contribution in [1.29, 1.82) is 0 Å². The molecule has 2 aromatic carbocycles. The molecule has 8 heteroatoms. The number of amides is 4. The molecule has 0 radical (unpaired) electrons. The third-order valence-corrected chi connectivity index (χ3v) is 5.35. The molecule has 4 amide bonds. The first kappa shape index (κ1) is 20.7. The Hall–Kier alpha value is -3.52. The van der Waals surface area contributed by atoms with Gasteiger partial charge >= 0.3 is 0 Å². The highest BCUT2D eigenvalue weighted by atomic mass is 16.5. The van der Waals surface area contributed by atoms with E-state index in [1.165, 1.54) is 6.07 Å². The molecule has 2 N–H and O–H groups in total. The second-order valence-corrected chi connectivity index (χ2v) is 7.52. The predicted octanol–water partition coefficient (Wildman–Crippen LogP) is 2.50. The summed E-state index contributed by atoms with van der Waals surface area (Å²) in [7, 11) is 0. The lowest BCUT2D eigenvalue weighted by Gasteiger charge is -2.16. The average molecular weight is 421 g/mol. The molecule has 2 aliphatic rings. The van der Waals surface area contributed by atoms with E-state index in [0.717, 1.165) is 17.7 Å². The molecule has 2 fully saturated rings. The van der Waals surface area contributed by atoms with E-state index in [2.05, 4.69) is 10.6 Å². The maximum atomic E-state index is 12.8. The highest BCUT2D eigenvalue weighted by molar-refractivity contribution is 6.20. The van der Waals surface area contributed by atoms with Crippen molar-refractivity contribution in [3.63, 3.8) is 0 Å². The van der Waals surface area contributed by atoms with Crippen LogP contribution in [-0.4, -0.2) is 42.9 Å². The summed E-state index contributed by atoms with van der Waals surface area (Å²) in [6.45, 7) is 1.13. The van der Waals surface area contributed by atoms with Crippen LogP contribution in [0, 0.1) is 0 Å². The molecule has 0 bridgehead atoms. The van der Waals surface area contributed by atoms with Crippen molar-refractivity contribution < 1.29 is 23.9 Å². The van der Waals surface area contributed by atoms with E-state index in [0.29, 0.717) is 30.1 Å². The van der Waals surface area contributed by atoms with Crippen molar-refractivity contribution in [1.82, 2.24) is 5.32 Å². The number of hydrogen-bond acceptors (Lipinski definition) is 5. The zero-order valence-corrected chi connectivity index (χ0v) is 16.9. The number of carbonyl (C=O) groups excluding carboxylic acids is 4. The average Bonchev–Trinajstić information content (AvgIpc) is 3.42. The van der Waals surface area contributed by atoms with Gasteiger partial charge in [-0.15, -0.1) is 0 Å². The van der Waals surface area contributed by atoms with Crippen LogP contribution in [0.5, 0.6) is 0 Å². The van der Waals surface area contributed by atoms with Gasteiger partial charge in [0.05, 0.1) is 23.0 Å². The molecule has 2 aromatic rings. The lowest BCUT2D eigenvalue weighted by atomic mass is 10.1.